The minimum Gasteiger partial charge on any atom is -0.486 e. The molecule has 0 aromatic heterocycles. The lowest BCUT2D eigenvalue weighted by Gasteiger charge is -2.26. The standard InChI is InChI=1S/C19H28N2O2/c1-3-15(17-5-2-9-20-17)16(4-1)21-10-8-14-6-7-18-19(13-14)23-12-11-22-18/h6-7,13,15-17,20-21H,1-5,8-12H2. The Bertz CT molecular complexity index is 528. The van der Waals surface area contributed by atoms with E-state index in [2.05, 4.69) is 22.8 Å². The molecule has 3 atom stereocenters. The summed E-state index contributed by atoms with van der Waals surface area (Å²) in [6.45, 7) is 3.58. The van der Waals surface area contributed by atoms with Crippen LogP contribution in [0.1, 0.15) is 37.7 Å². The van der Waals surface area contributed by atoms with E-state index in [4.69, 9.17) is 9.47 Å². The highest BCUT2D eigenvalue weighted by Crippen LogP contribution is 2.32. The van der Waals surface area contributed by atoms with Crippen molar-refractivity contribution in [2.24, 2.45) is 5.92 Å². The molecule has 0 amide bonds. The minimum atomic E-state index is 0.659. The third-order valence-corrected chi connectivity index (χ3v) is 5.61. The minimum absolute atomic E-state index is 0.659. The van der Waals surface area contributed by atoms with Gasteiger partial charge in [-0.05, 0) is 68.8 Å². The van der Waals surface area contributed by atoms with Gasteiger partial charge in [0.25, 0.3) is 0 Å². The van der Waals surface area contributed by atoms with E-state index >= 15 is 0 Å². The molecule has 1 aromatic carbocycles. The zero-order valence-corrected chi connectivity index (χ0v) is 13.9. The quantitative estimate of drug-likeness (QED) is 0.876. The van der Waals surface area contributed by atoms with Crippen molar-refractivity contribution in [1.82, 2.24) is 10.6 Å². The number of hydrogen-bond donors (Lipinski definition) is 2. The molecule has 4 heteroatoms. The van der Waals surface area contributed by atoms with Crippen molar-refractivity contribution in [3.63, 3.8) is 0 Å². The van der Waals surface area contributed by atoms with Crippen LogP contribution in [0.5, 0.6) is 11.5 Å². The first-order chi connectivity index (χ1) is 11.4. The summed E-state index contributed by atoms with van der Waals surface area (Å²) in [6, 6.07) is 7.80. The molecule has 126 valence electrons. The van der Waals surface area contributed by atoms with E-state index in [0.717, 1.165) is 36.4 Å². The second-order valence-corrected chi connectivity index (χ2v) is 7.09. The van der Waals surface area contributed by atoms with E-state index in [0.29, 0.717) is 19.3 Å². The molecule has 2 heterocycles. The van der Waals surface area contributed by atoms with Gasteiger partial charge in [0.05, 0.1) is 0 Å². The third kappa shape index (κ3) is 3.48. The summed E-state index contributed by atoms with van der Waals surface area (Å²) in [6.07, 6.45) is 7.88. The van der Waals surface area contributed by atoms with Gasteiger partial charge in [-0.3, -0.25) is 0 Å². The van der Waals surface area contributed by atoms with Crippen LogP contribution < -0.4 is 20.1 Å². The summed E-state index contributed by atoms with van der Waals surface area (Å²) in [4.78, 5) is 0. The molecule has 4 rings (SSSR count). The van der Waals surface area contributed by atoms with Crippen molar-refractivity contribution in [3.05, 3.63) is 23.8 Å². The van der Waals surface area contributed by atoms with E-state index in [9.17, 15) is 0 Å². The Labute approximate surface area is 138 Å². The van der Waals surface area contributed by atoms with E-state index in [1.807, 2.05) is 6.07 Å². The highest BCUT2D eigenvalue weighted by Gasteiger charge is 2.34. The van der Waals surface area contributed by atoms with Crippen molar-refractivity contribution in [1.29, 1.82) is 0 Å². The lowest BCUT2D eigenvalue weighted by atomic mass is 9.93. The van der Waals surface area contributed by atoms with Crippen molar-refractivity contribution in [3.8, 4) is 11.5 Å². The van der Waals surface area contributed by atoms with Crippen LogP contribution in [0.15, 0.2) is 18.2 Å². The summed E-state index contributed by atoms with van der Waals surface area (Å²) in [7, 11) is 0. The maximum atomic E-state index is 5.67. The van der Waals surface area contributed by atoms with Gasteiger partial charge in [0.1, 0.15) is 13.2 Å². The summed E-state index contributed by atoms with van der Waals surface area (Å²) in [5.41, 5.74) is 1.33. The largest absolute Gasteiger partial charge is 0.486 e. The molecule has 3 unspecified atom stereocenters. The Morgan fingerprint density at radius 2 is 1.96 bits per heavy atom. The molecule has 0 radical (unpaired) electrons. The van der Waals surface area contributed by atoms with Crippen LogP contribution in [0, 0.1) is 5.92 Å². The molecule has 1 aliphatic carbocycles. The van der Waals surface area contributed by atoms with Crippen LogP contribution in [0.2, 0.25) is 0 Å². The maximum Gasteiger partial charge on any atom is 0.161 e. The molecular weight excluding hydrogens is 288 g/mol. The van der Waals surface area contributed by atoms with Gasteiger partial charge in [0.2, 0.25) is 0 Å². The van der Waals surface area contributed by atoms with E-state index in [1.54, 1.807) is 0 Å². The average molecular weight is 316 g/mol. The summed E-state index contributed by atoms with van der Waals surface area (Å²) in [5, 5.41) is 7.53. The second kappa shape index (κ2) is 7.10. The van der Waals surface area contributed by atoms with Crippen molar-refractivity contribution >= 4 is 0 Å². The fraction of sp³-hybridized carbons (Fsp3) is 0.684. The second-order valence-electron chi connectivity index (χ2n) is 7.09. The van der Waals surface area contributed by atoms with E-state index < -0.39 is 0 Å². The molecule has 0 bridgehead atoms. The average Bonchev–Trinajstić information content (AvgIpc) is 3.26. The summed E-state index contributed by atoms with van der Waals surface area (Å²) in [5.74, 6) is 2.62. The number of benzene rings is 1. The Balaban J connectivity index is 1.29. The van der Waals surface area contributed by atoms with Crippen LogP contribution >= 0.6 is 0 Å². The van der Waals surface area contributed by atoms with Crippen LogP contribution in [-0.4, -0.2) is 38.4 Å². The molecule has 4 nitrogen and oxygen atoms in total. The van der Waals surface area contributed by atoms with Gasteiger partial charge < -0.3 is 20.1 Å². The molecule has 0 spiro atoms. The molecule has 1 saturated heterocycles. The molecular formula is C19H28N2O2. The van der Waals surface area contributed by atoms with E-state index in [1.165, 1.54) is 44.2 Å². The predicted octanol–water partition coefficient (Wildman–Crippen LogP) is 2.51. The first-order valence-electron chi connectivity index (χ1n) is 9.25. The van der Waals surface area contributed by atoms with Crippen molar-refractivity contribution in [2.75, 3.05) is 26.3 Å². The van der Waals surface area contributed by atoms with Crippen LogP contribution in [0.3, 0.4) is 0 Å². The van der Waals surface area contributed by atoms with Gasteiger partial charge in [-0.1, -0.05) is 12.5 Å². The first kappa shape index (κ1) is 15.3. The Kier molecular flexibility index (Phi) is 4.72. The van der Waals surface area contributed by atoms with Crippen LogP contribution in [0.25, 0.3) is 0 Å². The van der Waals surface area contributed by atoms with Crippen molar-refractivity contribution in [2.45, 2.75) is 50.6 Å². The van der Waals surface area contributed by atoms with Crippen molar-refractivity contribution < 1.29 is 9.47 Å². The first-order valence-corrected chi connectivity index (χ1v) is 9.25. The fourth-order valence-electron chi connectivity index (χ4n) is 4.45. The summed E-state index contributed by atoms with van der Waals surface area (Å²) < 4.78 is 11.3. The molecule has 3 aliphatic rings. The normalized spacial score (nSPS) is 29.8. The van der Waals surface area contributed by atoms with Gasteiger partial charge in [-0.2, -0.15) is 0 Å². The smallest absolute Gasteiger partial charge is 0.161 e. The molecule has 2 aliphatic heterocycles. The molecule has 2 fully saturated rings. The topological polar surface area (TPSA) is 42.5 Å². The number of nitrogens with one attached hydrogen (secondary N) is 2. The lowest BCUT2D eigenvalue weighted by molar-refractivity contribution is 0.171. The predicted molar refractivity (Wildman–Crippen MR) is 91.3 cm³/mol. The van der Waals surface area contributed by atoms with Gasteiger partial charge in [-0.25, -0.2) is 0 Å². The third-order valence-electron chi connectivity index (χ3n) is 5.61. The number of ether oxygens (including phenoxy) is 2. The Morgan fingerprint density at radius 3 is 2.83 bits per heavy atom. The zero-order chi connectivity index (χ0) is 15.5. The lowest BCUT2D eigenvalue weighted by Crippen LogP contribution is -2.42. The molecule has 1 saturated carbocycles. The van der Waals surface area contributed by atoms with Gasteiger partial charge in [0, 0.05) is 12.1 Å². The monoisotopic (exact) mass is 316 g/mol. The maximum absolute atomic E-state index is 5.67. The van der Waals surface area contributed by atoms with Gasteiger partial charge in [-0.15, -0.1) is 0 Å². The van der Waals surface area contributed by atoms with E-state index in [-0.39, 0.29) is 0 Å². The molecule has 23 heavy (non-hydrogen) atoms. The molecule has 1 aromatic rings. The van der Waals surface area contributed by atoms with Crippen LogP contribution in [-0.2, 0) is 6.42 Å². The zero-order valence-electron chi connectivity index (χ0n) is 13.9. The Hall–Kier alpha value is -1.26. The fourth-order valence-corrected chi connectivity index (χ4v) is 4.45. The Morgan fingerprint density at radius 1 is 1.04 bits per heavy atom. The van der Waals surface area contributed by atoms with Gasteiger partial charge in [0.15, 0.2) is 11.5 Å². The van der Waals surface area contributed by atoms with Gasteiger partial charge >= 0.3 is 0 Å². The highest BCUT2D eigenvalue weighted by atomic mass is 16.6. The SMILES string of the molecule is c1cc2c(cc1CCNC1CCCC1C1CCCN1)OCCO2. The van der Waals surface area contributed by atoms with Crippen LogP contribution in [0.4, 0.5) is 0 Å². The number of fused-ring (bicyclic) bond motifs is 1. The molecule has 2 N–H and O–H groups in total. The number of rotatable bonds is 5. The number of hydrogen-bond acceptors (Lipinski definition) is 4. The summed E-state index contributed by atoms with van der Waals surface area (Å²) >= 11 is 0. The highest BCUT2D eigenvalue weighted by molar-refractivity contribution is 5.43.